The molecule has 1 spiro atoms. The molecular weight excluding hydrogens is 298 g/mol. The number of piperazine rings is 1. The summed E-state index contributed by atoms with van der Waals surface area (Å²) in [6.07, 6.45) is 3.41. The Morgan fingerprint density at radius 3 is 2.50 bits per heavy atom. The van der Waals surface area contributed by atoms with Crippen molar-refractivity contribution in [1.82, 2.24) is 14.9 Å². The topological polar surface area (TPSA) is 61.4 Å². The summed E-state index contributed by atoms with van der Waals surface area (Å²) >= 11 is 0. The highest BCUT2D eigenvalue weighted by Crippen LogP contribution is 2.31. The maximum atomic E-state index is 12.8. The lowest BCUT2D eigenvalue weighted by Gasteiger charge is -2.48. The SMILES string of the molecule is O=S(=O)(/C=C/c1ccccc1)N1CCNCC12CCNCC2. The van der Waals surface area contributed by atoms with Crippen molar-refractivity contribution in [3.63, 3.8) is 0 Å². The largest absolute Gasteiger partial charge is 0.317 e. The van der Waals surface area contributed by atoms with Crippen LogP contribution in [-0.4, -0.2) is 51.0 Å². The fourth-order valence-corrected chi connectivity index (χ4v) is 4.95. The van der Waals surface area contributed by atoms with Crippen LogP contribution < -0.4 is 10.6 Å². The number of hydrogen-bond donors (Lipinski definition) is 2. The van der Waals surface area contributed by atoms with Gasteiger partial charge in [-0.3, -0.25) is 0 Å². The molecule has 3 rings (SSSR count). The van der Waals surface area contributed by atoms with Gasteiger partial charge in [0.05, 0.1) is 5.54 Å². The van der Waals surface area contributed by atoms with Crippen LogP contribution in [0.25, 0.3) is 6.08 Å². The predicted octanol–water partition coefficient (Wildman–Crippen LogP) is 1.01. The third-order valence-corrected chi connectivity index (χ3v) is 6.21. The standard InChI is InChI=1S/C16H23N3O2S/c20-22(21,13-6-15-4-2-1-3-5-15)19-12-11-18-14-16(19)7-9-17-10-8-16/h1-6,13,17-18H,7-12,14H2/b13-6+. The minimum Gasteiger partial charge on any atom is -0.317 e. The van der Waals surface area contributed by atoms with Crippen molar-refractivity contribution in [1.29, 1.82) is 0 Å². The molecule has 0 amide bonds. The van der Waals surface area contributed by atoms with Gasteiger partial charge in [-0.05, 0) is 37.6 Å². The Balaban J connectivity index is 1.84. The van der Waals surface area contributed by atoms with Crippen LogP contribution in [0.5, 0.6) is 0 Å². The molecule has 0 atom stereocenters. The smallest absolute Gasteiger partial charge is 0.236 e. The molecule has 2 heterocycles. The summed E-state index contributed by atoms with van der Waals surface area (Å²) in [4.78, 5) is 0. The molecule has 0 aromatic heterocycles. The summed E-state index contributed by atoms with van der Waals surface area (Å²) in [6.45, 7) is 3.74. The number of rotatable bonds is 3. The molecule has 1 aromatic rings. The van der Waals surface area contributed by atoms with E-state index in [0.717, 1.165) is 38.0 Å². The van der Waals surface area contributed by atoms with Crippen LogP contribution >= 0.6 is 0 Å². The minimum atomic E-state index is -3.40. The molecule has 1 aromatic carbocycles. The van der Waals surface area contributed by atoms with Gasteiger partial charge < -0.3 is 10.6 Å². The fraction of sp³-hybridized carbons (Fsp3) is 0.500. The zero-order valence-electron chi connectivity index (χ0n) is 12.7. The molecule has 0 radical (unpaired) electrons. The van der Waals surface area contributed by atoms with Crippen LogP contribution in [0.1, 0.15) is 18.4 Å². The zero-order chi connectivity index (χ0) is 15.5. The number of benzene rings is 1. The highest BCUT2D eigenvalue weighted by atomic mass is 32.2. The van der Waals surface area contributed by atoms with Gasteiger partial charge in [-0.25, -0.2) is 8.42 Å². The van der Waals surface area contributed by atoms with Crippen molar-refractivity contribution in [2.45, 2.75) is 18.4 Å². The number of piperidine rings is 1. The van der Waals surface area contributed by atoms with E-state index in [9.17, 15) is 8.42 Å². The van der Waals surface area contributed by atoms with Gasteiger partial charge in [0, 0.05) is 25.0 Å². The van der Waals surface area contributed by atoms with E-state index in [1.54, 1.807) is 10.4 Å². The van der Waals surface area contributed by atoms with Crippen molar-refractivity contribution in [2.24, 2.45) is 0 Å². The van der Waals surface area contributed by atoms with Crippen molar-refractivity contribution in [3.05, 3.63) is 41.3 Å². The lowest BCUT2D eigenvalue weighted by molar-refractivity contribution is 0.110. The average Bonchev–Trinajstić information content (AvgIpc) is 2.55. The zero-order valence-corrected chi connectivity index (χ0v) is 13.5. The number of nitrogens with zero attached hydrogens (tertiary/aromatic N) is 1. The third kappa shape index (κ3) is 3.25. The Bertz CT molecular complexity index is 614. The van der Waals surface area contributed by atoms with Gasteiger partial charge in [0.2, 0.25) is 10.0 Å². The van der Waals surface area contributed by atoms with Crippen LogP contribution in [0.3, 0.4) is 0 Å². The highest BCUT2D eigenvalue weighted by molar-refractivity contribution is 7.92. The Morgan fingerprint density at radius 1 is 1.05 bits per heavy atom. The maximum absolute atomic E-state index is 12.8. The molecule has 2 fully saturated rings. The second-order valence-electron chi connectivity index (χ2n) is 5.98. The average molecular weight is 321 g/mol. The van der Waals surface area contributed by atoms with Gasteiger partial charge in [-0.15, -0.1) is 0 Å². The van der Waals surface area contributed by atoms with E-state index in [-0.39, 0.29) is 5.54 Å². The molecule has 5 nitrogen and oxygen atoms in total. The summed E-state index contributed by atoms with van der Waals surface area (Å²) in [5, 5.41) is 8.04. The molecule has 2 saturated heterocycles. The first-order valence-electron chi connectivity index (χ1n) is 7.80. The van der Waals surface area contributed by atoms with Crippen molar-refractivity contribution < 1.29 is 8.42 Å². The lowest BCUT2D eigenvalue weighted by Crippen LogP contribution is -2.65. The van der Waals surface area contributed by atoms with Crippen LogP contribution in [0, 0.1) is 0 Å². The predicted molar refractivity (Wildman–Crippen MR) is 88.8 cm³/mol. The minimum absolute atomic E-state index is 0.274. The first kappa shape index (κ1) is 15.7. The van der Waals surface area contributed by atoms with E-state index in [1.165, 1.54) is 5.41 Å². The molecule has 0 saturated carbocycles. The molecule has 2 aliphatic rings. The number of nitrogens with one attached hydrogen (secondary N) is 2. The van der Waals surface area contributed by atoms with Crippen LogP contribution in [0.2, 0.25) is 0 Å². The first-order chi connectivity index (χ1) is 10.6. The Labute approximate surface area is 132 Å². The van der Waals surface area contributed by atoms with E-state index >= 15 is 0 Å². The quantitative estimate of drug-likeness (QED) is 0.872. The Hall–Kier alpha value is -1.21. The molecule has 6 heteroatoms. The summed E-state index contributed by atoms with van der Waals surface area (Å²) in [6, 6.07) is 9.55. The normalized spacial score (nSPS) is 23.1. The second-order valence-corrected chi connectivity index (χ2v) is 7.72. The second kappa shape index (κ2) is 6.50. The molecule has 120 valence electrons. The summed E-state index contributed by atoms with van der Waals surface area (Å²) in [5.74, 6) is 0. The number of sulfonamides is 1. The van der Waals surface area contributed by atoms with Gasteiger partial charge in [0.25, 0.3) is 0 Å². The summed E-state index contributed by atoms with van der Waals surface area (Å²) in [7, 11) is -3.40. The molecule has 0 aliphatic carbocycles. The lowest BCUT2D eigenvalue weighted by atomic mass is 9.87. The van der Waals surface area contributed by atoms with Gasteiger partial charge in [0.1, 0.15) is 0 Å². The molecule has 0 unspecified atom stereocenters. The monoisotopic (exact) mass is 321 g/mol. The first-order valence-corrected chi connectivity index (χ1v) is 9.30. The highest BCUT2D eigenvalue weighted by Gasteiger charge is 2.44. The Morgan fingerprint density at radius 2 is 1.77 bits per heavy atom. The molecule has 2 aliphatic heterocycles. The fourth-order valence-electron chi connectivity index (χ4n) is 3.34. The summed E-state index contributed by atoms with van der Waals surface area (Å²) in [5.41, 5.74) is 0.629. The van der Waals surface area contributed by atoms with Crippen molar-refractivity contribution >= 4 is 16.1 Å². The Kier molecular flexibility index (Phi) is 4.63. The molecular formula is C16H23N3O2S. The molecule has 0 bridgehead atoms. The van der Waals surface area contributed by atoms with Gasteiger partial charge in [0.15, 0.2) is 0 Å². The van der Waals surface area contributed by atoms with E-state index in [0.29, 0.717) is 13.1 Å². The van der Waals surface area contributed by atoms with Gasteiger partial charge >= 0.3 is 0 Å². The van der Waals surface area contributed by atoms with E-state index in [4.69, 9.17) is 0 Å². The van der Waals surface area contributed by atoms with E-state index in [1.807, 2.05) is 30.3 Å². The van der Waals surface area contributed by atoms with Crippen LogP contribution in [-0.2, 0) is 10.0 Å². The van der Waals surface area contributed by atoms with Gasteiger partial charge in [-0.1, -0.05) is 30.3 Å². The van der Waals surface area contributed by atoms with Gasteiger partial charge in [-0.2, -0.15) is 4.31 Å². The van der Waals surface area contributed by atoms with E-state index in [2.05, 4.69) is 10.6 Å². The molecule has 22 heavy (non-hydrogen) atoms. The molecule has 2 N–H and O–H groups in total. The van der Waals surface area contributed by atoms with Crippen molar-refractivity contribution in [3.8, 4) is 0 Å². The van der Waals surface area contributed by atoms with Crippen LogP contribution in [0.15, 0.2) is 35.7 Å². The maximum Gasteiger partial charge on any atom is 0.236 e. The van der Waals surface area contributed by atoms with Crippen LogP contribution in [0.4, 0.5) is 0 Å². The third-order valence-electron chi connectivity index (χ3n) is 4.55. The summed E-state index contributed by atoms with van der Waals surface area (Å²) < 4.78 is 27.4. The van der Waals surface area contributed by atoms with Crippen molar-refractivity contribution in [2.75, 3.05) is 32.7 Å². The number of hydrogen-bond acceptors (Lipinski definition) is 4. The van der Waals surface area contributed by atoms with E-state index < -0.39 is 10.0 Å².